The number of pyridine rings is 1. The molecule has 8 heteroatoms. The summed E-state index contributed by atoms with van der Waals surface area (Å²) in [5.41, 5.74) is 0.130. The fourth-order valence-corrected chi connectivity index (χ4v) is 2.45. The molecular weight excluding hydrogens is 369 g/mol. The van der Waals surface area contributed by atoms with Crippen LogP contribution < -0.4 is 10.6 Å². The molecule has 140 valence electrons. The predicted molar refractivity (Wildman–Crippen MR) is 98.1 cm³/mol. The van der Waals surface area contributed by atoms with Crippen molar-refractivity contribution < 1.29 is 18.0 Å². The zero-order valence-corrected chi connectivity index (χ0v) is 14.3. The minimum atomic E-state index is -4.50. The molecule has 0 fully saturated rings. The topological polar surface area (TPSA) is 77.8 Å². The Bertz CT molecular complexity index is 1040. The Labute approximate surface area is 158 Å². The monoisotopic (exact) mass is 382 g/mol. The third-order valence-electron chi connectivity index (χ3n) is 3.77. The second kappa shape index (κ2) is 7.80. The van der Waals surface area contributed by atoms with Crippen LogP contribution in [0.3, 0.4) is 0 Å². The van der Waals surface area contributed by atoms with E-state index in [9.17, 15) is 18.0 Å². The summed E-state index contributed by atoms with van der Waals surface area (Å²) in [5, 5.41) is 14.1. The normalized spacial score (nSPS) is 10.8. The lowest BCUT2D eigenvalue weighted by Crippen LogP contribution is -2.12. The Balaban J connectivity index is 1.74. The number of carbonyl (C=O) groups excluding carboxylic acids is 1. The van der Waals surface area contributed by atoms with Crippen molar-refractivity contribution in [1.29, 1.82) is 5.26 Å². The SMILES string of the molecule is N#Cc1cccc(NC(=O)c2ccc(Nc3ccccc3C(F)(F)F)nc2)c1. The molecule has 2 aromatic carbocycles. The summed E-state index contributed by atoms with van der Waals surface area (Å²) in [4.78, 5) is 16.3. The molecule has 0 spiro atoms. The minimum Gasteiger partial charge on any atom is -0.340 e. The van der Waals surface area contributed by atoms with Gasteiger partial charge in [0.1, 0.15) is 5.82 Å². The van der Waals surface area contributed by atoms with Gasteiger partial charge in [0.2, 0.25) is 0 Å². The van der Waals surface area contributed by atoms with Crippen LogP contribution >= 0.6 is 0 Å². The van der Waals surface area contributed by atoms with Gasteiger partial charge < -0.3 is 10.6 Å². The number of halogens is 3. The highest BCUT2D eigenvalue weighted by atomic mass is 19.4. The molecule has 5 nitrogen and oxygen atoms in total. The molecule has 0 aliphatic rings. The lowest BCUT2D eigenvalue weighted by atomic mass is 10.1. The Kier molecular flexibility index (Phi) is 5.27. The molecule has 0 saturated heterocycles. The first-order chi connectivity index (χ1) is 13.4. The fraction of sp³-hybridized carbons (Fsp3) is 0.0500. The summed E-state index contributed by atoms with van der Waals surface area (Å²) in [7, 11) is 0. The number of hydrogen-bond donors (Lipinski definition) is 2. The molecule has 0 aliphatic carbocycles. The van der Waals surface area contributed by atoms with Crippen LogP contribution in [0.15, 0.2) is 66.9 Å². The Morgan fingerprint density at radius 2 is 1.82 bits per heavy atom. The molecule has 0 saturated carbocycles. The van der Waals surface area contributed by atoms with Crippen LogP contribution in [0.4, 0.5) is 30.4 Å². The molecule has 0 aliphatic heterocycles. The molecule has 0 radical (unpaired) electrons. The molecule has 3 rings (SSSR count). The summed E-state index contributed by atoms with van der Waals surface area (Å²) in [5.74, 6) is -0.287. The number of alkyl halides is 3. The van der Waals surface area contributed by atoms with E-state index in [1.165, 1.54) is 42.6 Å². The van der Waals surface area contributed by atoms with Crippen molar-refractivity contribution in [3.63, 3.8) is 0 Å². The van der Waals surface area contributed by atoms with Crippen LogP contribution in [0.5, 0.6) is 0 Å². The molecule has 0 atom stereocenters. The number of para-hydroxylation sites is 1. The van der Waals surface area contributed by atoms with Gasteiger partial charge in [0.05, 0.1) is 28.4 Å². The number of anilines is 3. The predicted octanol–water partition coefficient (Wildman–Crippen LogP) is 4.97. The number of hydrogen-bond acceptors (Lipinski definition) is 4. The van der Waals surface area contributed by atoms with E-state index in [-0.39, 0.29) is 17.1 Å². The number of nitrogens with one attached hydrogen (secondary N) is 2. The van der Waals surface area contributed by atoms with E-state index in [0.717, 1.165) is 6.07 Å². The van der Waals surface area contributed by atoms with Crippen LogP contribution in [0, 0.1) is 11.3 Å². The van der Waals surface area contributed by atoms with E-state index in [1.54, 1.807) is 18.2 Å². The highest BCUT2D eigenvalue weighted by Crippen LogP contribution is 2.35. The van der Waals surface area contributed by atoms with Gasteiger partial charge in [-0.2, -0.15) is 18.4 Å². The summed E-state index contributed by atoms with van der Waals surface area (Å²) >= 11 is 0. The Morgan fingerprint density at radius 1 is 1.04 bits per heavy atom. The van der Waals surface area contributed by atoms with Gasteiger partial charge in [0.15, 0.2) is 0 Å². The van der Waals surface area contributed by atoms with Crippen LogP contribution in [-0.4, -0.2) is 10.9 Å². The van der Waals surface area contributed by atoms with Gasteiger partial charge in [-0.15, -0.1) is 0 Å². The van der Waals surface area contributed by atoms with E-state index in [2.05, 4.69) is 15.6 Å². The summed E-state index contributed by atoms with van der Waals surface area (Å²) in [6.45, 7) is 0. The smallest absolute Gasteiger partial charge is 0.340 e. The largest absolute Gasteiger partial charge is 0.418 e. The third-order valence-corrected chi connectivity index (χ3v) is 3.77. The second-order valence-corrected chi connectivity index (χ2v) is 5.75. The van der Waals surface area contributed by atoms with Crippen molar-refractivity contribution >= 4 is 23.1 Å². The maximum Gasteiger partial charge on any atom is 0.418 e. The summed E-state index contributed by atoms with van der Waals surface area (Å²) in [6, 6.07) is 16.3. The second-order valence-electron chi connectivity index (χ2n) is 5.75. The lowest BCUT2D eigenvalue weighted by Gasteiger charge is -2.14. The maximum atomic E-state index is 13.0. The molecule has 0 bridgehead atoms. The number of aromatic nitrogens is 1. The fourth-order valence-electron chi connectivity index (χ4n) is 2.45. The summed E-state index contributed by atoms with van der Waals surface area (Å²) < 4.78 is 39.1. The molecular formula is C20H13F3N4O. The average molecular weight is 382 g/mol. The molecule has 0 unspecified atom stereocenters. The van der Waals surface area contributed by atoms with E-state index >= 15 is 0 Å². The quantitative estimate of drug-likeness (QED) is 0.668. The zero-order valence-electron chi connectivity index (χ0n) is 14.3. The molecule has 1 heterocycles. The van der Waals surface area contributed by atoms with Crippen LogP contribution in [-0.2, 0) is 6.18 Å². The highest BCUT2D eigenvalue weighted by molar-refractivity contribution is 6.04. The van der Waals surface area contributed by atoms with Gasteiger partial charge in [0.25, 0.3) is 5.91 Å². The number of carbonyl (C=O) groups is 1. The van der Waals surface area contributed by atoms with Gasteiger partial charge in [0, 0.05) is 11.9 Å². The molecule has 2 N–H and O–H groups in total. The van der Waals surface area contributed by atoms with Crippen molar-refractivity contribution in [1.82, 2.24) is 4.98 Å². The number of benzene rings is 2. The summed E-state index contributed by atoms with van der Waals surface area (Å²) in [6.07, 6.45) is -3.25. The Hall–Kier alpha value is -3.86. The van der Waals surface area contributed by atoms with Crippen molar-refractivity contribution in [3.05, 3.63) is 83.6 Å². The Morgan fingerprint density at radius 3 is 2.50 bits per heavy atom. The van der Waals surface area contributed by atoms with E-state index in [1.807, 2.05) is 6.07 Å². The van der Waals surface area contributed by atoms with Crippen molar-refractivity contribution in [2.24, 2.45) is 0 Å². The first kappa shape index (κ1) is 18.9. The number of nitriles is 1. The first-order valence-corrected chi connectivity index (χ1v) is 8.07. The average Bonchev–Trinajstić information content (AvgIpc) is 2.68. The van der Waals surface area contributed by atoms with Crippen LogP contribution in [0.2, 0.25) is 0 Å². The molecule has 1 amide bonds. The van der Waals surface area contributed by atoms with Gasteiger partial charge in [-0.25, -0.2) is 4.98 Å². The van der Waals surface area contributed by atoms with Gasteiger partial charge in [-0.1, -0.05) is 18.2 Å². The minimum absolute atomic E-state index is 0.131. The van der Waals surface area contributed by atoms with Crippen LogP contribution in [0.25, 0.3) is 0 Å². The van der Waals surface area contributed by atoms with Crippen LogP contribution in [0.1, 0.15) is 21.5 Å². The molecule has 1 aromatic heterocycles. The number of rotatable bonds is 4. The van der Waals surface area contributed by atoms with Crippen molar-refractivity contribution in [3.8, 4) is 6.07 Å². The number of amides is 1. The highest BCUT2D eigenvalue weighted by Gasteiger charge is 2.33. The molecule has 28 heavy (non-hydrogen) atoms. The van der Waals surface area contributed by atoms with Crippen molar-refractivity contribution in [2.45, 2.75) is 6.18 Å². The first-order valence-electron chi connectivity index (χ1n) is 8.07. The van der Waals surface area contributed by atoms with Gasteiger partial charge >= 0.3 is 6.18 Å². The number of nitrogens with zero attached hydrogens (tertiary/aromatic N) is 2. The zero-order chi connectivity index (χ0) is 20.1. The third kappa shape index (κ3) is 4.45. The van der Waals surface area contributed by atoms with E-state index in [4.69, 9.17) is 5.26 Å². The maximum absolute atomic E-state index is 13.0. The van der Waals surface area contributed by atoms with Crippen molar-refractivity contribution in [2.75, 3.05) is 10.6 Å². The molecule has 3 aromatic rings. The van der Waals surface area contributed by atoms with Gasteiger partial charge in [-0.05, 0) is 42.5 Å². The van der Waals surface area contributed by atoms with Gasteiger partial charge in [-0.3, -0.25) is 4.79 Å². The standard InChI is InChI=1S/C20H13F3N4O/c21-20(22,23)16-6-1-2-7-17(16)27-18-9-8-14(12-25-18)19(28)26-15-5-3-4-13(10-15)11-24/h1-10,12H,(H,25,27)(H,26,28). The van der Waals surface area contributed by atoms with E-state index in [0.29, 0.717) is 11.3 Å². The van der Waals surface area contributed by atoms with E-state index < -0.39 is 17.6 Å². The lowest BCUT2D eigenvalue weighted by molar-refractivity contribution is -0.136.